The number of hydrogen-bond acceptors (Lipinski definition) is 6. The van der Waals surface area contributed by atoms with E-state index in [1.807, 2.05) is 24.3 Å². The van der Waals surface area contributed by atoms with Gasteiger partial charge < -0.3 is 4.74 Å². The molecule has 0 unspecified atom stereocenters. The van der Waals surface area contributed by atoms with Crippen molar-refractivity contribution in [1.29, 1.82) is 0 Å². The summed E-state index contributed by atoms with van der Waals surface area (Å²) in [5, 5.41) is 4.31. The molecule has 4 rings (SSSR count). The quantitative estimate of drug-likeness (QED) is 0.360. The maximum absolute atomic E-state index is 12.7. The number of rotatable bonds is 3. The third-order valence-corrected chi connectivity index (χ3v) is 5.16. The van der Waals surface area contributed by atoms with Crippen LogP contribution >= 0.6 is 27.3 Å². The van der Waals surface area contributed by atoms with E-state index in [9.17, 15) is 9.59 Å². The number of ether oxygens (including phenoxy) is 1. The number of esters is 1. The van der Waals surface area contributed by atoms with Crippen LogP contribution < -0.4 is 14.8 Å². The topological polar surface area (TPSA) is 73.6 Å². The SMILES string of the molecule is CC(=O)Oc1ccccc1-c1nc2sc(=Cc3cccc(Br)c3)c(=O)n2n1. The summed E-state index contributed by atoms with van der Waals surface area (Å²) < 4.78 is 7.96. The Morgan fingerprint density at radius 3 is 2.78 bits per heavy atom. The van der Waals surface area contributed by atoms with Crippen molar-refractivity contribution in [2.45, 2.75) is 6.92 Å². The summed E-state index contributed by atoms with van der Waals surface area (Å²) in [5.74, 6) is 0.264. The number of fused-ring (bicyclic) bond motifs is 1. The molecule has 0 saturated carbocycles. The van der Waals surface area contributed by atoms with Gasteiger partial charge in [-0.05, 0) is 35.9 Å². The number of benzene rings is 2. The molecule has 0 amide bonds. The van der Waals surface area contributed by atoms with Gasteiger partial charge in [0, 0.05) is 11.4 Å². The molecular formula is C19H12BrN3O3S. The van der Waals surface area contributed by atoms with Gasteiger partial charge in [0.05, 0.1) is 10.1 Å². The van der Waals surface area contributed by atoms with Crippen LogP contribution in [0.2, 0.25) is 0 Å². The molecule has 8 heteroatoms. The van der Waals surface area contributed by atoms with Crippen LogP contribution in [0.1, 0.15) is 12.5 Å². The van der Waals surface area contributed by atoms with Crippen molar-refractivity contribution in [2.24, 2.45) is 0 Å². The minimum Gasteiger partial charge on any atom is -0.426 e. The highest BCUT2D eigenvalue weighted by atomic mass is 79.9. The van der Waals surface area contributed by atoms with Gasteiger partial charge in [-0.15, -0.1) is 5.10 Å². The normalized spacial score (nSPS) is 11.9. The summed E-state index contributed by atoms with van der Waals surface area (Å²) in [4.78, 5) is 28.9. The van der Waals surface area contributed by atoms with Crippen LogP contribution in [0.25, 0.3) is 22.4 Å². The van der Waals surface area contributed by atoms with Crippen molar-refractivity contribution in [2.75, 3.05) is 0 Å². The van der Waals surface area contributed by atoms with Gasteiger partial charge in [-0.2, -0.15) is 9.50 Å². The molecule has 2 aromatic heterocycles. The van der Waals surface area contributed by atoms with E-state index < -0.39 is 5.97 Å². The zero-order chi connectivity index (χ0) is 19.0. The van der Waals surface area contributed by atoms with E-state index in [0.29, 0.717) is 26.6 Å². The molecular weight excluding hydrogens is 430 g/mol. The molecule has 0 fully saturated rings. The maximum Gasteiger partial charge on any atom is 0.308 e. The molecule has 0 radical (unpaired) electrons. The average molecular weight is 442 g/mol. The minimum absolute atomic E-state index is 0.237. The van der Waals surface area contributed by atoms with E-state index in [0.717, 1.165) is 10.0 Å². The van der Waals surface area contributed by atoms with Crippen LogP contribution in [-0.4, -0.2) is 20.6 Å². The molecule has 0 bridgehead atoms. The molecule has 0 aliphatic heterocycles. The summed E-state index contributed by atoms with van der Waals surface area (Å²) in [6.45, 7) is 1.33. The molecule has 2 aromatic carbocycles. The number of hydrogen-bond donors (Lipinski definition) is 0. The molecule has 0 spiro atoms. The van der Waals surface area contributed by atoms with Crippen LogP contribution in [0, 0.1) is 0 Å². The summed E-state index contributed by atoms with van der Waals surface area (Å²) in [5.41, 5.74) is 1.23. The largest absolute Gasteiger partial charge is 0.426 e. The molecule has 0 aliphatic rings. The first-order chi connectivity index (χ1) is 13.0. The number of carbonyl (C=O) groups excluding carboxylic acids is 1. The van der Waals surface area contributed by atoms with Crippen molar-refractivity contribution < 1.29 is 9.53 Å². The van der Waals surface area contributed by atoms with Crippen LogP contribution in [0.3, 0.4) is 0 Å². The van der Waals surface area contributed by atoms with E-state index in [-0.39, 0.29) is 5.56 Å². The first-order valence-electron chi connectivity index (χ1n) is 7.96. The second kappa shape index (κ2) is 7.05. The Morgan fingerprint density at radius 1 is 1.22 bits per heavy atom. The Bertz CT molecular complexity index is 1280. The highest BCUT2D eigenvalue weighted by Gasteiger charge is 2.16. The van der Waals surface area contributed by atoms with Gasteiger partial charge in [-0.25, -0.2) is 0 Å². The van der Waals surface area contributed by atoms with Gasteiger partial charge in [-0.1, -0.05) is 51.5 Å². The van der Waals surface area contributed by atoms with Gasteiger partial charge in [0.2, 0.25) is 4.96 Å². The number of para-hydroxylation sites is 1. The molecule has 0 atom stereocenters. The zero-order valence-corrected chi connectivity index (χ0v) is 16.5. The fourth-order valence-corrected chi connectivity index (χ4v) is 3.92. The third-order valence-electron chi connectivity index (χ3n) is 3.71. The predicted octanol–water partition coefficient (Wildman–Crippen LogP) is 3.05. The second-order valence-corrected chi connectivity index (χ2v) is 7.62. The zero-order valence-electron chi connectivity index (χ0n) is 14.0. The number of carbonyl (C=O) groups is 1. The van der Waals surface area contributed by atoms with E-state index in [2.05, 4.69) is 26.0 Å². The lowest BCUT2D eigenvalue weighted by atomic mass is 10.2. The fourth-order valence-electron chi connectivity index (χ4n) is 2.59. The summed E-state index contributed by atoms with van der Waals surface area (Å²) >= 11 is 4.68. The molecule has 4 aromatic rings. The van der Waals surface area contributed by atoms with Crippen LogP contribution in [-0.2, 0) is 4.79 Å². The molecule has 134 valence electrons. The lowest BCUT2D eigenvalue weighted by Gasteiger charge is -2.04. The van der Waals surface area contributed by atoms with Gasteiger partial charge in [0.25, 0.3) is 5.56 Å². The third kappa shape index (κ3) is 3.54. The van der Waals surface area contributed by atoms with E-state index in [1.54, 1.807) is 30.3 Å². The Hall–Kier alpha value is -2.84. The minimum atomic E-state index is -0.432. The first kappa shape index (κ1) is 17.6. The number of halogens is 1. The van der Waals surface area contributed by atoms with Crippen molar-refractivity contribution in [3.8, 4) is 17.1 Å². The Kier molecular flexibility index (Phi) is 4.59. The van der Waals surface area contributed by atoms with Crippen molar-refractivity contribution in [3.05, 3.63) is 73.5 Å². The molecule has 27 heavy (non-hydrogen) atoms. The Morgan fingerprint density at radius 2 is 2.04 bits per heavy atom. The maximum atomic E-state index is 12.7. The predicted molar refractivity (Wildman–Crippen MR) is 107 cm³/mol. The first-order valence-corrected chi connectivity index (χ1v) is 9.57. The number of aromatic nitrogens is 3. The van der Waals surface area contributed by atoms with Crippen LogP contribution in [0.5, 0.6) is 5.75 Å². The molecule has 2 heterocycles. The molecule has 0 aliphatic carbocycles. The average Bonchev–Trinajstić information content (AvgIpc) is 3.15. The van der Waals surface area contributed by atoms with Gasteiger partial charge >= 0.3 is 5.97 Å². The standard InChI is InChI=1S/C19H12BrN3O3S/c1-11(24)26-15-8-3-2-7-14(15)17-21-19-23(22-17)18(25)16(27-19)10-12-5-4-6-13(20)9-12/h2-10H,1H3. The van der Waals surface area contributed by atoms with Gasteiger partial charge in [0.1, 0.15) is 5.75 Å². The molecule has 0 saturated heterocycles. The summed E-state index contributed by atoms with van der Waals surface area (Å²) in [6.07, 6.45) is 1.81. The highest BCUT2D eigenvalue weighted by Crippen LogP contribution is 2.27. The lowest BCUT2D eigenvalue weighted by Crippen LogP contribution is -2.23. The second-order valence-electron chi connectivity index (χ2n) is 5.69. The summed E-state index contributed by atoms with van der Waals surface area (Å²) in [7, 11) is 0. The van der Waals surface area contributed by atoms with Crippen molar-refractivity contribution >= 4 is 44.3 Å². The Labute approximate surface area is 165 Å². The number of thiazole rings is 1. The lowest BCUT2D eigenvalue weighted by molar-refractivity contribution is -0.131. The summed E-state index contributed by atoms with van der Waals surface area (Å²) in [6, 6.07) is 14.6. The number of nitrogens with zero attached hydrogens (tertiary/aromatic N) is 3. The molecule has 0 N–H and O–H groups in total. The van der Waals surface area contributed by atoms with E-state index in [4.69, 9.17) is 4.74 Å². The Balaban J connectivity index is 1.80. The van der Waals surface area contributed by atoms with Crippen molar-refractivity contribution in [3.63, 3.8) is 0 Å². The smallest absolute Gasteiger partial charge is 0.308 e. The molecule has 6 nitrogen and oxygen atoms in total. The monoisotopic (exact) mass is 441 g/mol. The van der Waals surface area contributed by atoms with E-state index >= 15 is 0 Å². The van der Waals surface area contributed by atoms with Crippen LogP contribution in [0.15, 0.2) is 57.8 Å². The highest BCUT2D eigenvalue weighted by molar-refractivity contribution is 9.10. The van der Waals surface area contributed by atoms with Crippen LogP contribution in [0.4, 0.5) is 0 Å². The van der Waals surface area contributed by atoms with Crippen molar-refractivity contribution in [1.82, 2.24) is 14.6 Å². The van der Waals surface area contributed by atoms with Gasteiger partial charge in [0.15, 0.2) is 5.82 Å². The van der Waals surface area contributed by atoms with E-state index in [1.165, 1.54) is 22.8 Å². The van der Waals surface area contributed by atoms with Gasteiger partial charge in [-0.3, -0.25) is 9.59 Å². The fraction of sp³-hybridized carbons (Fsp3) is 0.0526.